The van der Waals surface area contributed by atoms with Crippen molar-refractivity contribution in [1.82, 2.24) is 0 Å². The van der Waals surface area contributed by atoms with Gasteiger partial charge in [-0.2, -0.15) is 0 Å². The Labute approximate surface area is 88.0 Å². The molecule has 0 aliphatic carbocycles. The third kappa shape index (κ3) is 1.61. The molecule has 74 valence electrons. The highest BCUT2D eigenvalue weighted by Gasteiger charge is 2.12. The van der Waals surface area contributed by atoms with E-state index in [-0.39, 0.29) is 6.32 Å². The number of hydrogen-bond acceptors (Lipinski definition) is 2. The third-order valence-electron chi connectivity index (χ3n) is 2.01. The normalized spacial score (nSPS) is 11.8. The van der Waals surface area contributed by atoms with Crippen molar-refractivity contribution in [3.63, 3.8) is 0 Å². The number of hydrogen-bond donors (Lipinski definition) is 0. The Balaban J connectivity index is 0.00000112. The fourth-order valence-corrected chi connectivity index (χ4v) is 2.50. The number of fused-ring (bicyclic) bond motifs is 1. The smallest absolute Gasteiger partial charge is 0.207 e. The first kappa shape index (κ1) is 9.49. The minimum Gasteiger partial charge on any atom is -0.207 e. The topological polar surface area (TPSA) is 34.1 Å². The van der Waals surface area contributed by atoms with Crippen LogP contribution < -0.4 is 0 Å². The van der Waals surface area contributed by atoms with Gasteiger partial charge in [0, 0.05) is 17.5 Å². The van der Waals surface area contributed by atoms with Crippen LogP contribution in [0.1, 0.15) is 1.43 Å². The summed E-state index contributed by atoms with van der Waals surface area (Å²) in [5.41, 5.74) is 0. The molecule has 0 atom stereocenters. The molecule has 0 aromatic heterocycles. The molecule has 0 aliphatic rings. The van der Waals surface area contributed by atoms with Crippen LogP contribution in [-0.4, -0.2) is 8.42 Å². The van der Waals surface area contributed by atoms with Crippen molar-refractivity contribution < 1.29 is 9.84 Å². The molecule has 0 fully saturated rings. The average Bonchev–Trinajstić information content (AvgIpc) is 2.15. The molecule has 2 nitrogen and oxygen atoms in total. The lowest BCUT2D eigenvalue weighted by atomic mass is 10.1. The summed E-state index contributed by atoms with van der Waals surface area (Å²) in [5.74, 6) is 0. The molecule has 0 aliphatic heterocycles. The second-order valence-electron chi connectivity index (χ2n) is 2.92. The zero-order chi connectivity index (χ0) is 10.2. The first-order valence-electron chi connectivity index (χ1n) is 4.01. The standard InChI is InChI=1S/C10H7ClO2S.H2/c11-14(12,13)10-7-3-5-8-4-1-2-6-9(8)10;/h1-7H;1H/i;1+1. The van der Waals surface area contributed by atoms with Crippen LogP contribution >= 0.6 is 10.7 Å². The molecule has 2 aromatic rings. The Hall–Kier alpha value is -1.06. The highest BCUT2D eigenvalue weighted by atomic mass is 35.7. The molecule has 0 N–H and O–H groups in total. The lowest BCUT2D eigenvalue weighted by Gasteiger charge is -2.01. The van der Waals surface area contributed by atoms with Gasteiger partial charge in [0.25, 0.3) is 9.05 Å². The van der Waals surface area contributed by atoms with E-state index < -0.39 is 9.05 Å². The lowest BCUT2D eigenvalue weighted by molar-refractivity contribution is 0.610. The summed E-state index contributed by atoms with van der Waals surface area (Å²) in [4.78, 5) is 0.164. The molecule has 0 unspecified atom stereocenters. The number of rotatable bonds is 1. The fourth-order valence-electron chi connectivity index (χ4n) is 1.41. The van der Waals surface area contributed by atoms with E-state index in [1.54, 1.807) is 18.2 Å². The van der Waals surface area contributed by atoms with Gasteiger partial charge in [-0.1, -0.05) is 36.4 Å². The molecule has 0 bridgehead atoms. The average molecular weight is 230 g/mol. The Kier molecular flexibility index (Phi) is 2.21. The highest BCUT2D eigenvalue weighted by Crippen LogP contribution is 2.25. The molecule has 0 radical (unpaired) electrons. The van der Waals surface area contributed by atoms with Gasteiger partial charge in [-0.3, -0.25) is 0 Å². The summed E-state index contributed by atoms with van der Waals surface area (Å²) in [6, 6.07) is 12.3. The third-order valence-corrected chi connectivity index (χ3v) is 3.39. The molecule has 0 spiro atoms. The second kappa shape index (κ2) is 3.26. The van der Waals surface area contributed by atoms with E-state index in [2.05, 4.69) is 0 Å². The van der Waals surface area contributed by atoms with Crippen molar-refractivity contribution in [2.45, 2.75) is 4.90 Å². The van der Waals surface area contributed by atoms with Gasteiger partial charge in [-0.05, 0) is 11.5 Å². The van der Waals surface area contributed by atoms with E-state index in [1.807, 2.05) is 18.2 Å². The van der Waals surface area contributed by atoms with E-state index in [4.69, 9.17) is 10.7 Å². The van der Waals surface area contributed by atoms with E-state index in [0.29, 0.717) is 5.39 Å². The first-order chi connectivity index (χ1) is 6.59. The molecule has 2 aromatic carbocycles. The van der Waals surface area contributed by atoms with Crippen LogP contribution in [0.5, 0.6) is 0 Å². The Bertz CT molecular complexity index is 575. The van der Waals surface area contributed by atoms with Crippen LogP contribution in [0.25, 0.3) is 10.8 Å². The minimum absolute atomic E-state index is 0. The van der Waals surface area contributed by atoms with Gasteiger partial charge >= 0.3 is 0 Å². The van der Waals surface area contributed by atoms with Gasteiger partial charge in [-0.15, -0.1) is 0 Å². The summed E-state index contributed by atoms with van der Waals surface area (Å²) in [5, 5.41) is 1.53. The Morgan fingerprint density at radius 1 is 1.00 bits per heavy atom. The second-order valence-corrected chi connectivity index (χ2v) is 5.45. The van der Waals surface area contributed by atoms with E-state index in [0.717, 1.165) is 5.39 Å². The van der Waals surface area contributed by atoms with E-state index in [9.17, 15) is 8.42 Å². The molecule has 0 saturated carbocycles. The summed E-state index contributed by atoms with van der Waals surface area (Å²) in [6.45, 7) is 0. The summed E-state index contributed by atoms with van der Waals surface area (Å²) in [6.07, 6.45) is 0. The maximum Gasteiger partial charge on any atom is 0.261 e. The van der Waals surface area contributed by atoms with Gasteiger partial charge in [-0.25, -0.2) is 8.42 Å². The lowest BCUT2D eigenvalue weighted by Crippen LogP contribution is -1.91. The molecule has 14 heavy (non-hydrogen) atoms. The predicted octanol–water partition coefficient (Wildman–Crippen LogP) is 3.01. The highest BCUT2D eigenvalue weighted by molar-refractivity contribution is 8.14. The van der Waals surface area contributed by atoms with Crippen molar-refractivity contribution in [2.24, 2.45) is 0 Å². The Morgan fingerprint density at radius 3 is 2.36 bits per heavy atom. The van der Waals surface area contributed by atoms with Gasteiger partial charge in [0.1, 0.15) is 0 Å². The monoisotopic (exact) mass is 229 g/mol. The number of benzene rings is 2. The predicted molar refractivity (Wildman–Crippen MR) is 59.1 cm³/mol. The van der Waals surface area contributed by atoms with E-state index >= 15 is 0 Å². The zero-order valence-corrected chi connectivity index (χ0v) is 8.72. The van der Waals surface area contributed by atoms with Gasteiger partial charge in [0.2, 0.25) is 0 Å². The quantitative estimate of drug-likeness (QED) is 0.705. The zero-order valence-electron chi connectivity index (χ0n) is 7.14. The van der Waals surface area contributed by atoms with Crippen molar-refractivity contribution in [1.29, 1.82) is 0 Å². The van der Waals surface area contributed by atoms with Crippen LogP contribution in [0.2, 0.25) is 0 Å². The largest absolute Gasteiger partial charge is 0.261 e. The Morgan fingerprint density at radius 2 is 1.64 bits per heavy atom. The van der Waals surface area contributed by atoms with Crippen LogP contribution in [0, 0.1) is 0 Å². The van der Waals surface area contributed by atoms with Gasteiger partial charge < -0.3 is 0 Å². The van der Waals surface area contributed by atoms with Crippen molar-refractivity contribution >= 4 is 30.5 Å². The van der Waals surface area contributed by atoms with Crippen LogP contribution in [0.3, 0.4) is 0 Å². The SMILES string of the molecule is O=S(=O)(Cl)c1cccc2ccccc12.[2HH]. The van der Waals surface area contributed by atoms with E-state index in [1.165, 1.54) is 6.07 Å². The van der Waals surface area contributed by atoms with Crippen LogP contribution in [0.15, 0.2) is 47.4 Å². The summed E-state index contributed by atoms with van der Waals surface area (Å²) < 4.78 is 22.4. The molecule has 2 rings (SSSR count). The van der Waals surface area contributed by atoms with Gasteiger partial charge in [0.05, 0.1) is 4.90 Å². The molecule has 0 heterocycles. The van der Waals surface area contributed by atoms with Crippen LogP contribution in [0.4, 0.5) is 0 Å². The van der Waals surface area contributed by atoms with Gasteiger partial charge in [0.15, 0.2) is 0 Å². The molecular formula is C10H9ClO2S. The maximum absolute atomic E-state index is 11.2. The molecule has 4 heteroatoms. The minimum atomic E-state index is -3.66. The number of halogens is 1. The van der Waals surface area contributed by atoms with Crippen molar-refractivity contribution in [3.05, 3.63) is 42.5 Å². The van der Waals surface area contributed by atoms with Crippen molar-refractivity contribution in [3.8, 4) is 0 Å². The summed E-state index contributed by atoms with van der Waals surface area (Å²) in [7, 11) is 1.65. The maximum atomic E-state index is 11.2. The first-order valence-corrected chi connectivity index (χ1v) is 6.32. The summed E-state index contributed by atoms with van der Waals surface area (Å²) >= 11 is 0. The molecular weight excluding hydrogens is 220 g/mol. The fraction of sp³-hybridized carbons (Fsp3) is 0. The van der Waals surface area contributed by atoms with Crippen molar-refractivity contribution in [2.75, 3.05) is 0 Å². The molecule has 0 amide bonds. The molecule has 0 saturated heterocycles. The van der Waals surface area contributed by atoms with Crippen LogP contribution in [-0.2, 0) is 9.05 Å².